The lowest BCUT2D eigenvalue weighted by Gasteiger charge is -2.18. The Morgan fingerprint density at radius 1 is 1.09 bits per heavy atom. The SMILES string of the molecule is CC.CC.CCC(=O)N(C(C)=O)c1cccc(C(=O)OC)c1. The fourth-order valence-corrected chi connectivity index (χ4v) is 1.55. The van der Waals surface area contributed by atoms with Crippen molar-refractivity contribution in [3.8, 4) is 0 Å². The Labute approximate surface area is 133 Å². The lowest BCUT2D eigenvalue weighted by molar-refractivity contribution is -0.125. The van der Waals surface area contributed by atoms with Crippen molar-refractivity contribution in [2.45, 2.75) is 48.0 Å². The third-order valence-electron chi connectivity index (χ3n) is 2.39. The Kier molecular flexibility index (Phi) is 12.6. The number of benzene rings is 1. The highest BCUT2D eigenvalue weighted by atomic mass is 16.5. The molecule has 1 rings (SSSR count). The fourth-order valence-electron chi connectivity index (χ4n) is 1.55. The predicted octanol–water partition coefficient (Wildman–Crippen LogP) is 3.82. The smallest absolute Gasteiger partial charge is 0.337 e. The van der Waals surface area contributed by atoms with E-state index in [1.54, 1.807) is 25.1 Å². The molecule has 0 aliphatic carbocycles. The number of ether oxygens (including phenoxy) is 1. The van der Waals surface area contributed by atoms with Gasteiger partial charge in [-0.15, -0.1) is 0 Å². The summed E-state index contributed by atoms with van der Waals surface area (Å²) in [5.74, 6) is -1.21. The molecule has 1 aromatic carbocycles. The van der Waals surface area contributed by atoms with Gasteiger partial charge in [-0.25, -0.2) is 4.79 Å². The molecule has 124 valence electrons. The van der Waals surface area contributed by atoms with Crippen LogP contribution in [0.5, 0.6) is 0 Å². The van der Waals surface area contributed by atoms with Gasteiger partial charge in [0.15, 0.2) is 0 Å². The highest BCUT2D eigenvalue weighted by Gasteiger charge is 2.19. The Bertz CT molecular complexity index is 483. The summed E-state index contributed by atoms with van der Waals surface area (Å²) in [6.07, 6.45) is 0.210. The first-order valence-corrected chi connectivity index (χ1v) is 7.53. The van der Waals surface area contributed by atoms with Crippen LogP contribution in [0.25, 0.3) is 0 Å². The second-order valence-corrected chi connectivity index (χ2v) is 3.64. The molecule has 0 aliphatic heterocycles. The van der Waals surface area contributed by atoms with Gasteiger partial charge in [-0.1, -0.05) is 40.7 Å². The monoisotopic (exact) mass is 309 g/mol. The number of carbonyl (C=O) groups excluding carboxylic acids is 3. The number of rotatable bonds is 3. The zero-order valence-electron chi connectivity index (χ0n) is 14.6. The van der Waals surface area contributed by atoms with Gasteiger partial charge in [-0.3, -0.25) is 14.5 Å². The third-order valence-corrected chi connectivity index (χ3v) is 2.39. The second kappa shape index (κ2) is 12.6. The van der Waals surface area contributed by atoms with Crippen LogP contribution in [-0.4, -0.2) is 24.9 Å². The van der Waals surface area contributed by atoms with Crippen LogP contribution in [0.15, 0.2) is 24.3 Å². The maximum absolute atomic E-state index is 11.7. The summed E-state index contributed by atoms with van der Waals surface area (Å²) in [5.41, 5.74) is 0.669. The summed E-state index contributed by atoms with van der Waals surface area (Å²) in [5, 5.41) is 0. The van der Waals surface area contributed by atoms with Gasteiger partial charge in [0.25, 0.3) is 0 Å². The number of methoxy groups -OCH3 is 1. The highest BCUT2D eigenvalue weighted by molar-refractivity contribution is 6.14. The maximum atomic E-state index is 11.7. The minimum absolute atomic E-state index is 0.210. The third kappa shape index (κ3) is 6.52. The molecule has 2 amide bonds. The van der Waals surface area contributed by atoms with Gasteiger partial charge in [0.2, 0.25) is 11.8 Å². The first kappa shape index (κ1) is 22.1. The first-order chi connectivity index (χ1) is 10.5. The molecule has 0 aliphatic rings. The van der Waals surface area contributed by atoms with Crippen molar-refractivity contribution in [1.82, 2.24) is 0 Å². The average Bonchev–Trinajstić information content (AvgIpc) is 2.57. The van der Waals surface area contributed by atoms with E-state index in [4.69, 9.17) is 0 Å². The summed E-state index contributed by atoms with van der Waals surface area (Å²) >= 11 is 0. The largest absolute Gasteiger partial charge is 0.465 e. The molecular formula is C17H27NO4. The van der Waals surface area contributed by atoms with Crippen LogP contribution in [0.1, 0.15) is 58.3 Å². The maximum Gasteiger partial charge on any atom is 0.337 e. The zero-order chi connectivity index (χ0) is 17.7. The number of hydrogen-bond donors (Lipinski definition) is 0. The summed E-state index contributed by atoms with van der Waals surface area (Å²) in [6.45, 7) is 11.0. The van der Waals surface area contributed by atoms with Crippen LogP contribution in [0.4, 0.5) is 5.69 Å². The molecule has 0 radical (unpaired) electrons. The van der Waals surface area contributed by atoms with E-state index in [-0.39, 0.29) is 18.2 Å². The number of amides is 2. The van der Waals surface area contributed by atoms with Crippen LogP contribution in [-0.2, 0) is 14.3 Å². The number of carbonyl (C=O) groups is 3. The minimum atomic E-state index is -0.510. The van der Waals surface area contributed by atoms with E-state index >= 15 is 0 Å². The van der Waals surface area contributed by atoms with E-state index in [0.717, 1.165) is 4.90 Å². The molecule has 22 heavy (non-hydrogen) atoms. The van der Waals surface area contributed by atoms with Crippen molar-refractivity contribution in [2.24, 2.45) is 0 Å². The summed E-state index contributed by atoms with van der Waals surface area (Å²) < 4.78 is 4.59. The number of imide groups is 1. The molecule has 0 aromatic heterocycles. The van der Waals surface area contributed by atoms with Gasteiger partial charge in [-0.2, -0.15) is 0 Å². The van der Waals surface area contributed by atoms with Crippen molar-refractivity contribution in [3.05, 3.63) is 29.8 Å². The molecule has 0 bridgehead atoms. The number of esters is 1. The number of anilines is 1. The second-order valence-electron chi connectivity index (χ2n) is 3.64. The van der Waals surface area contributed by atoms with E-state index in [1.807, 2.05) is 27.7 Å². The lowest BCUT2D eigenvalue weighted by Crippen LogP contribution is -2.34. The molecule has 0 spiro atoms. The van der Waals surface area contributed by atoms with E-state index in [9.17, 15) is 14.4 Å². The summed E-state index contributed by atoms with van der Waals surface area (Å²) in [7, 11) is 1.27. The van der Waals surface area contributed by atoms with Crippen molar-refractivity contribution in [2.75, 3.05) is 12.0 Å². The van der Waals surface area contributed by atoms with Crippen LogP contribution in [0.3, 0.4) is 0 Å². The fraction of sp³-hybridized carbons (Fsp3) is 0.471. The predicted molar refractivity (Wildman–Crippen MR) is 88.9 cm³/mol. The minimum Gasteiger partial charge on any atom is -0.465 e. The molecule has 0 saturated carbocycles. The number of hydrogen-bond acceptors (Lipinski definition) is 4. The quantitative estimate of drug-likeness (QED) is 0.796. The van der Waals surface area contributed by atoms with Crippen molar-refractivity contribution in [1.29, 1.82) is 0 Å². The molecule has 1 aromatic rings. The van der Waals surface area contributed by atoms with Crippen LogP contribution < -0.4 is 4.90 Å². The van der Waals surface area contributed by atoms with Gasteiger partial charge < -0.3 is 4.74 Å². The van der Waals surface area contributed by atoms with Gasteiger partial charge in [0, 0.05) is 13.3 Å². The molecule has 5 heteroatoms. The Balaban J connectivity index is 0. The lowest BCUT2D eigenvalue weighted by atomic mass is 10.2. The Morgan fingerprint density at radius 3 is 2.05 bits per heavy atom. The van der Waals surface area contributed by atoms with E-state index < -0.39 is 5.97 Å². The van der Waals surface area contributed by atoms with Gasteiger partial charge >= 0.3 is 5.97 Å². The standard InChI is InChI=1S/C13H15NO4.2C2H6/c1-4-12(16)14(9(2)15)11-7-5-6-10(8-11)13(17)18-3;2*1-2/h5-8H,4H2,1-3H3;2*1-2H3. The van der Waals surface area contributed by atoms with Crippen LogP contribution >= 0.6 is 0 Å². The van der Waals surface area contributed by atoms with Gasteiger partial charge in [0.1, 0.15) is 0 Å². The van der Waals surface area contributed by atoms with Crippen molar-refractivity contribution in [3.63, 3.8) is 0 Å². The van der Waals surface area contributed by atoms with E-state index in [0.29, 0.717) is 11.3 Å². The molecule has 0 unspecified atom stereocenters. The zero-order valence-corrected chi connectivity index (χ0v) is 14.6. The highest BCUT2D eigenvalue weighted by Crippen LogP contribution is 2.18. The molecular weight excluding hydrogens is 282 g/mol. The molecule has 5 nitrogen and oxygen atoms in total. The molecule has 0 fully saturated rings. The van der Waals surface area contributed by atoms with Crippen molar-refractivity contribution >= 4 is 23.5 Å². The summed E-state index contributed by atoms with van der Waals surface area (Å²) in [4.78, 5) is 35.6. The topological polar surface area (TPSA) is 63.7 Å². The summed E-state index contributed by atoms with van der Waals surface area (Å²) in [6, 6.07) is 6.22. The Hall–Kier alpha value is -2.17. The van der Waals surface area contributed by atoms with Crippen LogP contribution in [0.2, 0.25) is 0 Å². The first-order valence-electron chi connectivity index (χ1n) is 7.53. The molecule has 0 heterocycles. The van der Waals surface area contributed by atoms with E-state index in [1.165, 1.54) is 20.1 Å². The number of nitrogens with zero attached hydrogens (tertiary/aromatic N) is 1. The Morgan fingerprint density at radius 2 is 1.64 bits per heavy atom. The normalized spacial score (nSPS) is 8.50. The van der Waals surface area contributed by atoms with Crippen molar-refractivity contribution < 1.29 is 19.1 Å². The molecule has 0 atom stereocenters. The molecule has 0 N–H and O–H groups in total. The van der Waals surface area contributed by atoms with Gasteiger partial charge in [-0.05, 0) is 18.2 Å². The average molecular weight is 309 g/mol. The van der Waals surface area contributed by atoms with E-state index in [2.05, 4.69) is 4.74 Å². The molecule has 0 saturated heterocycles. The van der Waals surface area contributed by atoms with Crippen LogP contribution in [0, 0.1) is 0 Å². The van der Waals surface area contributed by atoms with Gasteiger partial charge in [0.05, 0.1) is 18.4 Å².